The van der Waals surface area contributed by atoms with Crippen LogP contribution in [-0.4, -0.2) is 20.9 Å². The first-order chi connectivity index (χ1) is 10.5. The summed E-state index contributed by atoms with van der Waals surface area (Å²) in [5, 5.41) is 19.0. The van der Waals surface area contributed by atoms with E-state index in [0.29, 0.717) is 12.0 Å². The number of aliphatic carboxylic acids is 1. The SMILES string of the molecule is CC(C)n1cc(C#N)c2cc(C3=CCC(C(=O)O)S3)ccc21. The predicted molar refractivity (Wildman–Crippen MR) is 88.6 cm³/mol. The van der Waals surface area contributed by atoms with Crippen molar-refractivity contribution in [1.29, 1.82) is 5.26 Å². The lowest BCUT2D eigenvalue weighted by molar-refractivity contribution is -0.136. The molecule has 0 saturated carbocycles. The number of rotatable bonds is 3. The largest absolute Gasteiger partial charge is 0.480 e. The van der Waals surface area contributed by atoms with Gasteiger partial charge in [-0.05, 0) is 38.0 Å². The molecule has 0 saturated heterocycles. The third kappa shape index (κ3) is 2.40. The van der Waals surface area contributed by atoms with E-state index in [9.17, 15) is 10.1 Å². The van der Waals surface area contributed by atoms with E-state index < -0.39 is 11.2 Å². The van der Waals surface area contributed by atoms with Crippen LogP contribution >= 0.6 is 11.8 Å². The van der Waals surface area contributed by atoms with Crippen LogP contribution in [0.4, 0.5) is 0 Å². The molecule has 1 aliphatic rings. The van der Waals surface area contributed by atoms with E-state index in [-0.39, 0.29) is 6.04 Å². The quantitative estimate of drug-likeness (QED) is 0.929. The van der Waals surface area contributed by atoms with Crippen molar-refractivity contribution in [2.75, 3.05) is 0 Å². The van der Waals surface area contributed by atoms with Gasteiger partial charge in [0.15, 0.2) is 0 Å². The summed E-state index contributed by atoms with van der Waals surface area (Å²) in [5.41, 5.74) is 2.68. The summed E-state index contributed by atoms with van der Waals surface area (Å²) >= 11 is 1.38. The Kier molecular flexibility index (Phi) is 3.71. The molecule has 1 aromatic carbocycles. The number of allylic oxidation sites excluding steroid dienone is 1. The zero-order chi connectivity index (χ0) is 15.9. The van der Waals surface area contributed by atoms with Gasteiger partial charge in [-0.15, -0.1) is 11.8 Å². The normalized spacial score (nSPS) is 17.7. The van der Waals surface area contributed by atoms with Gasteiger partial charge in [-0.1, -0.05) is 12.1 Å². The zero-order valence-electron chi connectivity index (χ0n) is 12.4. The minimum atomic E-state index is -0.777. The molecule has 0 aliphatic carbocycles. The second-order valence-corrected chi connectivity index (χ2v) is 6.88. The van der Waals surface area contributed by atoms with Crippen LogP contribution in [0.3, 0.4) is 0 Å². The average Bonchev–Trinajstić information content (AvgIpc) is 3.11. The molecule has 112 valence electrons. The van der Waals surface area contributed by atoms with E-state index in [1.807, 2.05) is 30.5 Å². The topological polar surface area (TPSA) is 66.0 Å². The Morgan fingerprint density at radius 3 is 2.86 bits per heavy atom. The van der Waals surface area contributed by atoms with Gasteiger partial charge in [0.05, 0.1) is 5.56 Å². The standard InChI is InChI=1S/C17H16N2O2S/c1-10(2)19-9-12(8-18)13-7-11(3-4-14(13)19)15-5-6-16(22-15)17(20)21/h3-5,7,9-10,16H,6H2,1-2H3,(H,20,21). The fourth-order valence-corrected chi connectivity index (χ4v) is 3.78. The Morgan fingerprint density at radius 2 is 2.27 bits per heavy atom. The maximum absolute atomic E-state index is 11.1. The van der Waals surface area contributed by atoms with Crippen molar-refractivity contribution in [3.05, 3.63) is 41.6 Å². The van der Waals surface area contributed by atoms with E-state index in [1.165, 1.54) is 11.8 Å². The molecule has 0 amide bonds. The molecule has 2 heterocycles. The maximum Gasteiger partial charge on any atom is 0.317 e. The molecule has 0 radical (unpaired) electrons. The number of nitriles is 1. The zero-order valence-corrected chi connectivity index (χ0v) is 13.2. The predicted octanol–water partition coefficient (Wildman–Crippen LogP) is 4.02. The summed E-state index contributed by atoms with van der Waals surface area (Å²) < 4.78 is 2.09. The molecule has 5 heteroatoms. The molecule has 1 aliphatic heterocycles. The van der Waals surface area contributed by atoms with Gasteiger partial charge in [-0.25, -0.2) is 0 Å². The molecule has 1 atom stereocenters. The second kappa shape index (κ2) is 5.54. The van der Waals surface area contributed by atoms with Crippen LogP contribution in [0, 0.1) is 11.3 Å². The van der Waals surface area contributed by atoms with Crippen LogP contribution in [0.5, 0.6) is 0 Å². The highest BCUT2D eigenvalue weighted by atomic mass is 32.2. The first kappa shape index (κ1) is 14.7. The highest BCUT2D eigenvalue weighted by Crippen LogP contribution is 2.40. The second-order valence-electron chi connectivity index (χ2n) is 5.64. The van der Waals surface area contributed by atoms with Crippen LogP contribution in [0.25, 0.3) is 15.8 Å². The summed E-state index contributed by atoms with van der Waals surface area (Å²) in [5.74, 6) is -0.777. The first-order valence-electron chi connectivity index (χ1n) is 7.16. The summed E-state index contributed by atoms with van der Waals surface area (Å²) in [6.07, 6.45) is 4.40. The maximum atomic E-state index is 11.1. The summed E-state index contributed by atoms with van der Waals surface area (Å²) in [7, 11) is 0. The number of carboxylic acids is 1. The van der Waals surface area contributed by atoms with Crippen LogP contribution in [-0.2, 0) is 4.79 Å². The molecule has 22 heavy (non-hydrogen) atoms. The summed E-state index contributed by atoms with van der Waals surface area (Å²) in [4.78, 5) is 12.1. The van der Waals surface area contributed by atoms with Crippen molar-refractivity contribution in [3.63, 3.8) is 0 Å². The molecule has 0 bridgehead atoms. The fraction of sp³-hybridized carbons (Fsp3) is 0.294. The smallest absolute Gasteiger partial charge is 0.317 e. The number of fused-ring (bicyclic) bond motifs is 1. The lowest BCUT2D eigenvalue weighted by atomic mass is 10.1. The Morgan fingerprint density at radius 1 is 1.50 bits per heavy atom. The fourth-order valence-electron chi connectivity index (χ4n) is 2.73. The van der Waals surface area contributed by atoms with E-state index in [4.69, 9.17) is 5.11 Å². The van der Waals surface area contributed by atoms with Crippen molar-refractivity contribution in [3.8, 4) is 6.07 Å². The first-order valence-corrected chi connectivity index (χ1v) is 8.04. The molecule has 3 rings (SSSR count). The Balaban J connectivity index is 2.04. The highest BCUT2D eigenvalue weighted by Gasteiger charge is 2.25. The van der Waals surface area contributed by atoms with E-state index in [0.717, 1.165) is 21.4 Å². The number of nitrogens with zero attached hydrogens (tertiary/aromatic N) is 2. The number of carboxylic acid groups (broad SMARTS) is 1. The molecule has 0 spiro atoms. The number of aromatic nitrogens is 1. The van der Waals surface area contributed by atoms with E-state index in [2.05, 4.69) is 24.5 Å². The molecule has 4 nitrogen and oxygen atoms in total. The molecule has 2 aromatic rings. The Hall–Kier alpha value is -2.19. The number of hydrogen-bond acceptors (Lipinski definition) is 3. The minimum absolute atomic E-state index is 0.284. The molecule has 1 N–H and O–H groups in total. The van der Waals surface area contributed by atoms with Crippen molar-refractivity contribution in [2.24, 2.45) is 0 Å². The van der Waals surface area contributed by atoms with Crippen LogP contribution < -0.4 is 0 Å². The van der Waals surface area contributed by atoms with Gasteiger partial charge in [-0.3, -0.25) is 4.79 Å². The van der Waals surface area contributed by atoms with E-state index in [1.54, 1.807) is 0 Å². The number of carbonyl (C=O) groups is 1. The van der Waals surface area contributed by atoms with Gasteiger partial charge in [-0.2, -0.15) is 5.26 Å². The van der Waals surface area contributed by atoms with Gasteiger partial charge >= 0.3 is 5.97 Å². The monoisotopic (exact) mass is 312 g/mol. The Labute approximate surface area is 133 Å². The van der Waals surface area contributed by atoms with Crippen molar-refractivity contribution in [1.82, 2.24) is 4.57 Å². The van der Waals surface area contributed by atoms with Gasteiger partial charge in [0, 0.05) is 28.0 Å². The molecule has 1 aromatic heterocycles. The van der Waals surface area contributed by atoms with Crippen molar-refractivity contribution in [2.45, 2.75) is 31.6 Å². The third-order valence-electron chi connectivity index (χ3n) is 3.86. The molecule has 0 fully saturated rings. The molecular weight excluding hydrogens is 296 g/mol. The lowest BCUT2D eigenvalue weighted by Crippen LogP contribution is -2.11. The van der Waals surface area contributed by atoms with Gasteiger partial charge in [0.2, 0.25) is 0 Å². The van der Waals surface area contributed by atoms with Gasteiger partial charge in [0.25, 0.3) is 0 Å². The van der Waals surface area contributed by atoms with Crippen LogP contribution in [0.1, 0.15) is 37.4 Å². The van der Waals surface area contributed by atoms with Crippen molar-refractivity contribution < 1.29 is 9.90 Å². The average molecular weight is 312 g/mol. The van der Waals surface area contributed by atoms with E-state index >= 15 is 0 Å². The number of benzene rings is 1. The van der Waals surface area contributed by atoms with Gasteiger partial charge in [0.1, 0.15) is 11.3 Å². The minimum Gasteiger partial charge on any atom is -0.480 e. The Bertz CT molecular complexity index is 827. The van der Waals surface area contributed by atoms with Crippen LogP contribution in [0.15, 0.2) is 30.5 Å². The summed E-state index contributed by atoms with van der Waals surface area (Å²) in [6.45, 7) is 4.17. The highest BCUT2D eigenvalue weighted by molar-refractivity contribution is 8.09. The number of hydrogen-bond donors (Lipinski definition) is 1. The summed E-state index contributed by atoms with van der Waals surface area (Å²) in [6, 6.07) is 8.55. The molecular formula is C17H16N2O2S. The third-order valence-corrected chi connectivity index (χ3v) is 5.19. The lowest BCUT2D eigenvalue weighted by Gasteiger charge is -2.10. The molecule has 1 unspecified atom stereocenters. The van der Waals surface area contributed by atoms with Crippen molar-refractivity contribution >= 4 is 33.5 Å². The van der Waals surface area contributed by atoms with Gasteiger partial charge < -0.3 is 9.67 Å². The number of thioether (sulfide) groups is 1. The van der Waals surface area contributed by atoms with Crippen LogP contribution in [0.2, 0.25) is 0 Å².